The second-order valence-corrected chi connectivity index (χ2v) is 3.76. The zero-order valence-electron chi connectivity index (χ0n) is 9.00. The summed E-state index contributed by atoms with van der Waals surface area (Å²) in [6, 6.07) is 3.56. The van der Waals surface area contributed by atoms with Gasteiger partial charge in [-0.3, -0.25) is 4.79 Å². The van der Waals surface area contributed by atoms with Crippen LogP contribution < -0.4 is 10.6 Å². The Kier molecular flexibility index (Phi) is 3.65. The highest BCUT2D eigenvalue weighted by molar-refractivity contribution is 5.92. The van der Waals surface area contributed by atoms with Crippen molar-refractivity contribution in [1.29, 1.82) is 0 Å². The molecule has 92 valence electrons. The van der Waals surface area contributed by atoms with Crippen molar-refractivity contribution in [3.05, 3.63) is 29.8 Å². The van der Waals surface area contributed by atoms with Crippen LogP contribution in [0.25, 0.3) is 0 Å². The molecule has 17 heavy (non-hydrogen) atoms. The fourth-order valence-corrected chi connectivity index (χ4v) is 1.39. The highest BCUT2D eigenvalue weighted by Crippen LogP contribution is 2.17. The molecule has 2 N–H and O–H groups in total. The molecule has 0 radical (unpaired) electrons. The predicted octanol–water partition coefficient (Wildman–Crippen LogP) is 0.892. The number of benzene rings is 1. The summed E-state index contributed by atoms with van der Waals surface area (Å²) in [4.78, 5) is 11.4. The minimum Gasteiger partial charge on any atom is -0.378 e. The first-order valence-corrected chi connectivity index (χ1v) is 5.22. The Bertz CT molecular complexity index is 402. The molecular formula is C11H12F2N2O2. The molecule has 1 saturated heterocycles. The lowest BCUT2D eigenvalue weighted by molar-refractivity contribution is -0.116. The van der Waals surface area contributed by atoms with Gasteiger partial charge >= 0.3 is 0 Å². The molecule has 1 aliphatic heterocycles. The second-order valence-electron chi connectivity index (χ2n) is 3.76. The molecular weight excluding hydrogens is 230 g/mol. The Hall–Kier alpha value is -1.53. The number of amides is 1. The van der Waals surface area contributed by atoms with Crippen LogP contribution in [0.2, 0.25) is 0 Å². The number of carbonyl (C=O) groups is 1. The maximum absolute atomic E-state index is 13.2. The first-order valence-electron chi connectivity index (χ1n) is 5.22. The number of ether oxygens (including phenoxy) is 1. The van der Waals surface area contributed by atoms with Gasteiger partial charge in [-0.25, -0.2) is 8.78 Å². The zero-order chi connectivity index (χ0) is 12.3. The number of hydrogen-bond donors (Lipinski definition) is 2. The smallest absolute Gasteiger partial charge is 0.238 e. The lowest BCUT2D eigenvalue weighted by Gasteiger charge is -2.26. The van der Waals surface area contributed by atoms with E-state index in [1.54, 1.807) is 0 Å². The third-order valence-electron chi connectivity index (χ3n) is 2.42. The van der Waals surface area contributed by atoms with Gasteiger partial charge in [-0.1, -0.05) is 6.07 Å². The Labute approximate surface area is 97.0 Å². The fraction of sp³-hybridized carbons (Fsp3) is 0.364. The van der Waals surface area contributed by atoms with Crippen LogP contribution in [0.15, 0.2) is 18.2 Å². The van der Waals surface area contributed by atoms with Gasteiger partial charge in [-0.05, 0) is 12.1 Å². The van der Waals surface area contributed by atoms with Crippen LogP contribution in [-0.2, 0) is 9.53 Å². The summed E-state index contributed by atoms with van der Waals surface area (Å²) in [5.74, 6) is -2.06. The molecule has 1 aliphatic rings. The van der Waals surface area contributed by atoms with Crippen LogP contribution in [0.5, 0.6) is 0 Å². The van der Waals surface area contributed by atoms with Gasteiger partial charge in [0.25, 0.3) is 0 Å². The molecule has 0 aromatic heterocycles. The Morgan fingerprint density at radius 1 is 1.35 bits per heavy atom. The molecule has 1 fully saturated rings. The predicted molar refractivity (Wildman–Crippen MR) is 57.6 cm³/mol. The first kappa shape index (κ1) is 11.9. The standard InChI is InChI=1S/C11H12F2N2O2/c12-8-2-1-3-9(13)11(8)15-10(16)4-14-7-5-17-6-7/h1-3,7,14H,4-6H2,(H,15,16). The van der Waals surface area contributed by atoms with Crippen molar-refractivity contribution in [2.24, 2.45) is 0 Å². The quantitative estimate of drug-likeness (QED) is 0.824. The average molecular weight is 242 g/mol. The number of hydrogen-bond acceptors (Lipinski definition) is 3. The molecule has 0 aliphatic carbocycles. The summed E-state index contributed by atoms with van der Waals surface area (Å²) >= 11 is 0. The van der Waals surface area contributed by atoms with E-state index in [4.69, 9.17) is 4.74 Å². The molecule has 0 bridgehead atoms. The highest BCUT2D eigenvalue weighted by atomic mass is 19.1. The molecule has 0 atom stereocenters. The van der Waals surface area contributed by atoms with E-state index in [9.17, 15) is 13.6 Å². The van der Waals surface area contributed by atoms with E-state index < -0.39 is 23.2 Å². The van der Waals surface area contributed by atoms with Crippen LogP contribution in [0.3, 0.4) is 0 Å². The maximum atomic E-state index is 13.2. The van der Waals surface area contributed by atoms with Gasteiger partial charge in [0.2, 0.25) is 5.91 Å². The van der Waals surface area contributed by atoms with Gasteiger partial charge in [-0.2, -0.15) is 0 Å². The monoisotopic (exact) mass is 242 g/mol. The van der Waals surface area contributed by atoms with Gasteiger partial charge in [-0.15, -0.1) is 0 Å². The Balaban J connectivity index is 1.88. The summed E-state index contributed by atoms with van der Waals surface area (Å²) < 4.78 is 31.3. The number of nitrogens with one attached hydrogen (secondary N) is 2. The molecule has 4 nitrogen and oxygen atoms in total. The summed E-state index contributed by atoms with van der Waals surface area (Å²) in [5.41, 5.74) is -0.413. The number of para-hydroxylation sites is 1. The minimum absolute atomic E-state index is 0.00179. The average Bonchev–Trinajstić information content (AvgIpc) is 2.21. The van der Waals surface area contributed by atoms with Crippen molar-refractivity contribution in [2.75, 3.05) is 25.1 Å². The topological polar surface area (TPSA) is 50.4 Å². The largest absolute Gasteiger partial charge is 0.378 e. The number of rotatable bonds is 4. The van der Waals surface area contributed by atoms with Gasteiger partial charge in [0, 0.05) is 0 Å². The van der Waals surface area contributed by atoms with Crippen LogP contribution in [0.4, 0.5) is 14.5 Å². The number of anilines is 1. The van der Waals surface area contributed by atoms with E-state index in [1.807, 2.05) is 0 Å². The van der Waals surface area contributed by atoms with E-state index in [1.165, 1.54) is 6.07 Å². The normalized spacial score (nSPS) is 15.4. The van der Waals surface area contributed by atoms with E-state index in [-0.39, 0.29) is 12.6 Å². The third-order valence-corrected chi connectivity index (χ3v) is 2.42. The molecule has 0 spiro atoms. The highest BCUT2D eigenvalue weighted by Gasteiger charge is 2.19. The van der Waals surface area contributed by atoms with E-state index in [0.29, 0.717) is 13.2 Å². The molecule has 2 rings (SSSR count). The second kappa shape index (κ2) is 5.20. The number of carbonyl (C=O) groups excluding carboxylic acids is 1. The molecule has 0 unspecified atom stereocenters. The van der Waals surface area contributed by atoms with Crippen molar-refractivity contribution in [3.8, 4) is 0 Å². The third kappa shape index (κ3) is 2.98. The summed E-state index contributed by atoms with van der Waals surface area (Å²) in [6.45, 7) is 1.12. The lowest BCUT2D eigenvalue weighted by atomic mass is 10.2. The first-order chi connectivity index (χ1) is 8.16. The van der Waals surface area contributed by atoms with Gasteiger partial charge in [0.1, 0.15) is 17.3 Å². The fourth-order valence-electron chi connectivity index (χ4n) is 1.39. The molecule has 6 heteroatoms. The summed E-state index contributed by atoms with van der Waals surface area (Å²) in [7, 11) is 0. The van der Waals surface area contributed by atoms with Crippen molar-refractivity contribution < 1.29 is 18.3 Å². The van der Waals surface area contributed by atoms with Crippen molar-refractivity contribution in [1.82, 2.24) is 5.32 Å². The SMILES string of the molecule is O=C(CNC1COC1)Nc1c(F)cccc1F. The molecule has 1 heterocycles. The van der Waals surface area contributed by atoms with Gasteiger partial charge < -0.3 is 15.4 Å². The molecule has 1 aromatic rings. The Morgan fingerprint density at radius 3 is 2.53 bits per heavy atom. The lowest BCUT2D eigenvalue weighted by Crippen LogP contribution is -2.48. The van der Waals surface area contributed by atoms with Crippen molar-refractivity contribution in [2.45, 2.75) is 6.04 Å². The minimum atomic E-state index is -0.787. The summed E-state index contributed by atoms with van der Waals surface area (Å²) in [6.07, 6.45) is 0. The van der Waals surface area contributed by atoms with Gasteiger partial charge in [0.15, 0.2) is 0 Å². The van der Waals surface area contributed by atoms with E-state index in [2.05, 4.69) is 10.6 Å². The van der Waals surface area contributed by atoms with Crippen LogP contribution in [-0.4, -0.2) is 31.7 Å². The molecule has 1 amide bonds. The van der Waals surface area contributed by atoms with E-state index in [0.717, 1.165) is 12.1 Å². The van der Waals surface area contributed by atoms with Crippen molar-refractivity contribution >= 4 is 11.6 Å². The van der Waals surface area contributed by atoms with Crippen LogP contribution in [0, 0.1) is 11.6 Å². The van der Waals surface area contributed by atoms with Crippen LogP contribution >= 0.6 is 0 Å². The zero-order valence-corrected chi connectivity index (χ0v) is 9.00. The Morgan fingerprint density at radius 2 is 2.00 bits per heavy atom. The molecule has 1 aromatic carbocycles. The molecule has 0 saturated carbocycles. The number of halogens is 2. The van der Waals surface area contributed by atoms with Crippen molar-refractivity contribution in [3.63, 3.8) is 0 Å². The van der Waals surface area contributed by atoms with E-state index >= 15 is 0 Å². The van der Waals surface area contributed by atoms with Gasteiger partial charge in [0.05, 0.1) is 25.8 Å². The van der Waals surface area contributed by atoms with Crippen LogP contribution in [0.1, 0.15) is 0 Å². The summed E-state index contributed by atoms with van der Waals surface area (Å²) in [5, 5.41) is 5.09. The maximum Gasteiger partial charge on any atom is 0.238 e.